The smallest absolute Gasteiger partial charge is 0.237 e. The van der Waals surface area contributed by atoms with Gasteiger partial charge in [0.25, 0.3) is 0 Å². The number of hydrogen-bond acceptors (Lipinski definition) is 2. The Morgan fingerprint density at radius 1 is 1.64 bits per heavy atom. The first kappa shape index (κ1) is 7.42. The van der Waals surface area contributed by atoms with Gasteiger partial charge in [-0.25, -0.2) is 4.39 Å². The highest BCUT2D eigenvalue weighted by Gasteiger charge is 2.02. The zero-order valence-corrected chi connectivity index (χ0v) is 5.54. The minimum Gasteiger partial charge on any atom is -0.279 e. The van der Waals surface area contributed by atoms with Crippen LogP contribution in [0.5, 0.6) is 0 Å². The second-order valence-electron chi connectivity index (χ2n) is 1.87. The lowest BCUT2D eigenvalue weighted by Crippen LogP contribution is -1.95. The number of ketones is 1. The predicted octanol–water partition coefficient (Wildman–Crippen LogP) is 1.04. The summed E-state index contributed by atoms with van der Waals surface area (Å²) in [6.07, 6.45) is 7.04. The second kappa shape index (κ2) is 2.93. The van der Waals surface area contributed by atoms with E-state index in [1.807, 2.05) is 5.92 Å². The van der Waals surface area contributed by atoms with E-state index in [4.69, 9.17) is 6.42 Å². The molecule has 3 heteroatoms. The highest BCUT2D eigenvalue weighted by Crippen LogP contribution is 2.00. The zero-order valence-electron chi connectivity index (χ0n) is 5.54. The summed E-state index contributed by atoms with van der Waals surface area (Å²) in [7, 11) is 0. The molecule has 0 unspecified atom stereocenters. The fourth-order valence-corrected chi connectivity index (χ4v) is 0.619. The summed E-state index contributed by atoms with van der Waals surface area (Å²) in [6.45, 7) is 0. The van der Waals surface area contributed by atoms with Crippen molar-refractivity contribution in [3.05, 3.63) is 29.8 Å². The fraction of sp³-hybridized carbons (Fsp3) is 0. The number of rotatable bonds is 1. The molecule has 0 aliphatic heterocycles. The standard InChI is InChI=1S/C8H4FNO/c1-2-8(11)6-3-7(9)5-10-4-6/h1,3-5H. The molecule has 0 N–H and O–H groups in total. The Bertz CT molecular complexity index is 327. The lowest BCUT2D eigenvalue weighted by molar-refractivity contribution is 0.105. The van der Waals surface area contributed by atoms with Gasteiger partial charge in [0.05, 0.1) is 11.8 Å². The number of nitrogens with zero attached hydrogens (tertiary/aromatic N) is 1. The molecule has 0 saturated heterocycles. The highest BCUT2D eigenvalue weighted by atomic mass is 19.1. The topological polar surface area (TPSA) is 30.0 Å². The Hall–Kier alpha value is -1.69. The third-order valence-corrected chi connectivity index (χ3v) is 1.10. The summed E-state index contributed by atoms with van der Waals surface area (Å²) < 4.78 is 12.4. The average molecular weight is 149 g/mol. The normalized spacial score (nSPS) is 8.73. The summed E-state index contributed by atoms with van der Waals surface area (Å²) in [5.41, 5.74) is 0.104. The van der Waals surface area contributed by atoms with Gasteiger partial charge in [0.2, 0.25) is 5.78 Å². The largest absolute Gasteiger partial charge is 0.279 e. The Labute approximate surface area is 63.1 Å². The van der Waals surface area contributed by atoms with Crippen LogP contribution in [0, 0.1) is 18.2 Å². The van der Waals surface area contributed by atoms with Crippen LogP contribution in [-0.4, -0.2) is 10.8 Å². The van der Waals surface area contributed by atoms with Crippen molar-refractivity contribution in [3.8, 4) is 12.3 Å². The van der Waals surface area contributed by atoms with Crippen molar-refractivity contribution in [1.29, 1.82) is 0 Å². The molecule has 0 atom stereocenters. The molecule has 1 heterocycles. The first-order valence-electron chi connectivity index (χ1n) is 2.85. The van der Waals surface area contributed by atoms with E-state index < -0.39 is 11.6 Å². The van der Waals surface area contributed by atoms with Crippen molar-refractivity contribution in [2.24, 2.45) is 0 Å². The zero-order chi connectivity index (χ0) is 8.27. The number of terminal acetylenes is 1. The average Bonchev–Trinajstić information content (AvgIpc) is 2.03. The molecule has 54 valence electrons. The molecule has 1 rings (SSSR count). The van der Waals surface area contributed by atoms with Gasteiger partial charge >= 0.3 is 0 Å². The SMILES string of the molecule is C#CC(=O)c1cncc(F)c1. The van der Waals surface area contributed by atoms with Gasteiger partial charge in [0.15, 0.2) is 0 Å². The molecule has 0 bridgehead atoms. The van der Waals surface area contributed by atoms with Crippen molar-refractivity contribution in [2.45, 2.75) is 0 Å². The maximum atomic E-state index is 12.4. The van der Waals surface area contributed by atoms with Crippen LogP contribution in [0.15, 0.2) is 18.5 Å². The fourth-order valence-electron chi connectivity index (χ4n) is 0.619. The van der Waals surface area contributed by atoms with Crippen LogP contribution in [0.3, 0.4) is 0 Å². The van der Waals surface area contributed by atoms with E-state index in [1.54, 1.807) is 0 Å². The van der Waals surface area contributed by atoms with Gasteiger partial charge < -0.3 is 0 Å². The first-order chi connectivity index (χ1) is 5.24. The van der Waals surface area contributed by atoms with Crippen molar-refractivity contribution in [2.75, 3.05) is 0 Å². The third kappa shape index (κ3) is 1.62. The van der Waals surface area contributed by atoms with Gasteiger partial charge in [0, 0.05) is 6.20 Å². The third-order valence-electron chi connectivity index (χ3n) is 1.10. The molecule has 0 aliphatic rings. The van der Waals surface area contributed by atoms with E-state index >= 15 is 0 Å². The van der Waals surface area contributed by atoms with Crippen LogP contribution in [0.4, 0.5) is 4.39 Å². The van der Waals surface area contributed by atoms with Gasteiger partial charge in [-0.15, -0.1) is 6.42 Å². The Kier molecular flexibility index (Phi) is 1.98. The van der Waals surface area contributed by atoms with Crippen LogP contribution in [0.1, 0.15) is 10.4 Å². The van der Waals surface area contributed by atoms with Crippen molar-refractivity contribution in [1.82, 2.24) is 4.98 Å². The quantitative estimate of drug-likeness (QED) is 0.339. The first-order valence-corrected chi connectivity index (χ1v) is 2.85. The maximum Gasteiger partial charge on any atom is 0.237 e. The van der Waals surface area contributed by atoms with Crippen LogP contribution in [0.25, 0.3) is 0 Å². The molecular formula is C8H4FNO. The summed E-state index contributed by atoms with van der Waals surface area (Å²) in [6, 6.07) is 1.05. The summed E-state index contributed by atoms with van der Waals surface area (Å²) in [5, 5.41) is 0. The van der Waals surface area contributed by atoms with E-state index in [0.29, 0.717) is 0 Å². The summed E-state index contributed by atoms with van der Waals surface area (Å²) in [5.74, 6) is 0.741. The van der Waals surface area contributed by atoms with Gasteiger partial charge in [-0.2, -0.15) is 0 Å². The molecule has 1 aromatic heterocycles. The van der Waals surface area contributed by atoms with E-state index in [0.717, 1.165) is 12.3 Å². The molecule has 0 aromatic carbocycles. The number of hydrogen-bond donors (Lipinski definition) is 0. The molecular weight excluding hydrogens is 145 g/mol. The van der Waals surface area contributed by atoms with E-state index in [2.05, 4.69) is 4.98 Å². The molecule has 0 amide bonds. The number of aromatic nitrogens is 1. The van der Waals surface area contributed by atoms with E-state index in [9.17, 15) is 9.18 Å². The molecule has 11 heavy (non-hydrogen) atoms. The van der Waals surface area contributed by atoms with Crippen LogP contribution in [-0.2, 0) is 0 Å². The molecule has 0 spiro atoms. The maximum absolute atomic E-state index is 12.4. The minimum absolute atomic E-state index is 0.104. The minimum atomic E-state index is -0.564. The highest BCUT2D eigenvalue weighted by molar-refractivity contribution is 6.08. The molecule has 0 aliphatic carbocycles. The Balaban J connectivity index is 3.08. The van der Waals surface area contributed by atoms with Crippen molar-refractivity contribution >= 4 is 5.78 Å². The monoisotopic (exact) mass is 149 g/mol. The van der Waals surface area contributed by atoms with Crippen LogP contribution < -0.4 is 0 Å². The van der Waals surface area contributed by atoms with Gasteiger partial charge in [-0.1, -0.05) is 0 Å². The van der Waals surface area contributed by atoms with Crippen molar-refractivity contribution in [3.63, 3.8) is 0 Å². The number of carbonyl (C=O) groups excluding carboxylic acids is 1. The van der Waals surface area contributed by atoms with Gasteiger partial charge in [-0.3, -0.25) is 9.78 Å². The van der Waals surface area contributed by atoms with Gasteiger partial charge in [0.1, 0.15) is 5.82 Å². The summed E-state index contributed by atoms with van der Waals surface area (Å²) >= 11 is 0. The lowest BCUT2D eigenvalue weighted by Gasteiger charge is -1.91. The van der Waals surface area contributed by atoms with Crippen LogP contribution in [0.2, 0.25) is 0 Å². The van der Waals surface area contributed by atoms with E-state index in [-0.39, 0.29) is 5.56 Å². The molecule has 0 saturated carbocycles. The molecule has 0 fully saturated rings. The Morgan fingerprint density at radius 2 is 2.36 bits per heavy atom. The molecule has 2 nitrogen and oxygen atoms in total. The predicted molar refractivity (Wildman–Crippen MR) is 37.4 cm³/mol. The van der Waals surface area contributed by atoms with E-state index in [1.165, 1.54) is 6.20 Å². The number of halogens is 1. The number of Topliss-reactive ketones (excluding diaryl/α,β-unsaturated/α-hetero) is 1. The number of carbonyl (C=O) groups is 1. The molecule has 1 aromatic rings. The summed E-state index contributed by atoms with van der Waals surface area (Å²) in [4.78, 5) is 14.2. The Morgan fingerprint density at radius 3 is 2.91 bits per heavy atom. The van der Waals surface area contributed by atoms with Gasteiger partial charge in [-0.05, 0) is 12.0 Å². The number of pyridine rings is 1. The van der Waals surface area contributed by atoms with Crippen molar-refractivity contribution < 1.29 is 9.18 Å². The second-order valence-corrected chi connectivity index (χ2v) is 1.87. The lowest BCUT2D eigenvalue weighted by atomic mass is 10.2. The molecule has 0 radical (unpaired) electrons. The van der Waals surface area contributed by atoms with Crippen LogP contribution >= 0.6 is 0 Å².